The van der Waals surface area contributed by atoms with Crippen molar-refractivity contribution >= 4 is 51.1 Å². The average molecular weight is 429 g/mol. The van der Waals surface area contributed by atoms with E-state index in [0.717, 1.165) is 6.07 Å². The highest BCUT2D eigenvalue weighted by Gasteiger charge is 2.29. The minimum Gasteiger partial charge on any atom is -0.426 e. The molecule has 0 atom stereocenters. The molecule has 0 amide bonds. The van der Waals surface area contributed by atoms with E-state index in [9.17, 15) is 25.0 Å². The maximum atomic E-state index is 11.5. The molecule has 0 aliphatic rings. The highest BCUT2D eigenvalue weighted by atomic mass is 35.5. The predicted molar refractivity (Wildman–Crippen MR) is 109 cm³/mol. The number of azo groups is 1. The van der Waals surface area contributed by atoms with Crippen molar-refractivity contribution in [1.29, 1.82) is 0 Å². The van der Waals surface area contributed by atoms with Crippen LogP contribution in [0.5, 0.6) is 5.75 Å². The van der Waals surface area contributed by atoms with E-state index in [2.05, 4.69) is 10.2 Å². The molecule has 0 aliphatic carbocycles. The lowest BCUT2D eigenvalue weighted by Crippen LogP contribution is -2.01. The Hall–Kier alpha value is -3.92. The van der Waals surface area contributed by atoms with Crippen LogP contribution in [0.4, 0.5) is 22.7 Å². The van der Waals surface area contributed by atoms with Gasteiger partial charge in [0.25, 0.3) is 5.69 Å². The Labute approximate surface area is 174 Å². The SMILES string of the molecule is CC(=O)Oc1ccc(N=Nc2c(Cl)cc([N+](=O)[O-])c(C)c2[N+](=O)[O-])c2ccccc12. The van der Waals surface area contributed by atoms with Gasteiger partial charge >= 0.3 is 11.7 Å². The van der Waals surface area contributed by atoms with Crippen LogP contribution in [0.25, 0.3) is 10.8 Å². The molecule has 30 heavy (non-hydrogen) atoms. The van der Waals surface area contributed by atoms with Crippen molar-refractivity contribution in [2.45, 2.75) is 13.8 Å². The monoisotopic (exact) mass is 428 g/mol. The Morgan fingerprint density at radius 3 is 2.30 bits per heavy atom. The van der Waals surface area contributed by atoms with Crippen LogP contribution in [-0.4, -0.2) is 15.8 Å². The highest BCUT2D eigenvalue weighted by Crippen LogP contribution is 2.43. The van der Waals surface area contributed by atoms with Gasteiger partial charge in [-0.3, -0.25) is 25.0 Å². The van der Waals surface area contributed by atoms with E-state index in [4.69, 9.17) is 16.3 Å². The number of nitro groups is 2. The smallest absolute Gasteiger partial charge is 0.308 e. The average Bonchev–Trinajstić information content (AvgIpc) is 2.68. The zero-order chi connectivity index (χ0) is 22.0. The zero-order valence-corrected chi connectivity index (χ0v) is 16.4. The maximum absolute atomic E-state index is 11.5. The molecule has 0 saturated heterocycles. The van der Waals surface area contributed by atoms with Crippen LogP contribution >= 0.6 is 11.6 Å². The van der Waals surface area contributed by atoms with Crippen molar-refractivity contribution in [2.75, 3.05) is 0 Å². The molecule has 0 fully saturated rings. The molecule has 10 nitrogen and oxygen atoms in total. The van der Waals surface area contributed by atoms with Gasteiger partial charge in [-0.25, -0.2) is 0 Å². The third-order valence-corrected chi connectivity index (χ3v) is 4.49. The third-order valence-electron chi connectivity index (χ3n) is 4.21. The van der Waals surface area contributed by atoms with Crippen molar-refractivity contribution in [1.82, 2.24) is 0 Å². The number of hydrogen-bond acceptors (Lipinski definition) is 8. The van der Waals surface area contributed by atoms with Gasteiger partial charge in [0.2, 0.25) is 0 Å². The van der Waals surface area contributed by atoms with E-state index < -0.39 is 27.2 Å². The van der Waals surface area contributed by atoms with Crippen LogP contribution in [0.2, 0.25) is 5.02 Å². The summed E-state index contributed by atoms with van der Waals surface area (Å²) < 4.78 is 5.18. The standard InChI is InChI=1S/C19H13ClN4O6/c1-10-16(23(26)27)9-14(20)18(19(10)24(28)29)22-21-15-7-8-17(30-11(2)25)13-6-4-3-5-12(13)15/h3-9H,1-2H3. The number of carbonyl (C=O) groups is 1. The number of fused-ring (bicyclic) bond motifs is 1. The Morgan fingerprint density at radius 1 is 1.03 bits per heavy atom. The Balaban J connectivity index is 2.16. The zero-order valence-electron chi connectivity index (χ0n) is 15.7. The highest BCUT2D eigenvalue weighted by molar-refractivity contribution is 6.33. The number of carbonyl (C=O) groups excluding carboxylic acids is 1. The molecule has 3 aromatic rings. The number of rotatable bonds is 5. The number of hydrogen-bond donors (Lipinski definition) is 0. The number of nitro benzene ring substituents is 2. The summed E-state index contributed by atoms with van der Waals surface area (Å²) in [5, 5.41) is 31.5. The van der Waals surface area contributed by atoms with Crippen LogP contribution in [0.15, 0.2) is 52.7 Å². The van der Waals surface area contributed by atoms with E-state index in [1.807, 2.05) is 0 Å². The summed E-state index contributed by atoms with van der Waals surface area (Å²) in [7, 11) is 0. The van der Waals surface area contributed by atoms with Crippen molar-refractivity contribution in [2.24, 2.45) is 10.2 Å². The van der Waals surface area contributed by atoms with Gasteiger partial charge in [-0.2, -0.15) is 0 Å². The summed E-state index contributed by atoms with van der Waals surface area (Å²) in [6.45, 7) is 2.52. The van der Waals surface area contributed by atoms with Crippen molar-refractivity contribution in [3.8, 4) is 5.75 Å². The van der Waals surface area contributed by atoms with E-state index in [1.165, 1.54) is 26.0 Å². The lowest BCUT2D eigenvalue weighted by molar-refractivity contribution is -0.394. The summed E-state index contributed by atoms with van der Waals surface area (Å²) in [5.74, 6) is -0.162. The number of ether oxygens (including phenoxy) is 1. The Morgan fingerprint density at radius 2 is 1.70 bits per heavy atom. The number of esters is 1. The Kier molecular flexibility index (Phi) is 5.70. The molecule has 0 aliphatic heterocycles. The number of nitrogens with zero attached hydrogens (tertiary/aromatic N) is 4. The van der Waals surface area contributed by atoms with E-state index in [0.29, 0.717) is 22.2 Å². The molecular weight excluding hydrogens is 416 g/mol. The maximum Gasteiger partial charge on any atom is 0.308 e. The summed E-state index contributed by atoms with van der Waals surface area (Å²) in [5.41, 5.74) is -1.22. The molecule has 0 heterocycles. The summed E-state index contributed by atoms with van der Waals surface area (Å²) >= 11 is 6.04. The quantitative estimate of drug-likeness (QED) is 0.161. The summed E-state index contributed by atoms with van der Waals surface area (Å²) in [6, 6.07) is 11.0. The topological polar surface area (TPSA) is 137 Å². The molecule has 3 aromatic carbocycles. The fraction of sp³-hybridized carbons (Fsp3) is 0.105. The van der Waals surface area contributed by atoms with Crippen LogP contribution in [-0.2, 0) is 4.79 Å². The van der Waals surface area contributed by atoms with Gasteiger partial charge < -0.3 is 4.74 Å². The minimum atomic E-state index is -0.787. The van der Waals surface area contributed by atoms with Gasteiger partial charge in [0.1, 0.15) is 11.3 Å². The van der Waals surface area contributed by atoms with Crippen LogP contribution in [0, 0.1) is 27.2 Å². The first-order valence-corrected chi connectivity index (χ1v) is 8.82. The number of benzene rings is 3. The molecule has 0 bridgehead atoms. The molecule has 0 unspecified atom stereocenters. The van der Waals surface area contributed by atoms with Gasteiger partial charge in [0.15, 0.2) is 5.69 Å². The first-order chi connectivity index (χ1) is 14.2. The lowest BCUT2D eigenvalue weighted by Gasteiger charge is -2.08. The molecule has 0 spiro atoms. The Bertz CT molecular complexity index is 1240. The predicted octanol–water partition coefficient (Wildman–Crippen LogP) is 5.96. The van der Waals surface area contributed by atoms with Crippen molar-refractivity contribution in [3.63, 3.8) is 0 Å². The molecule has 152 valence electrons. The van der Waals surface area contributed by atoms with Gasteiger partial charge in [0.05, 0.1) is 20.6 Å². The third kappa shape index (κ3) is 3.94. The first kappa shape index (κ1) is 20.8. The second-order valence-electron chi connectivity index (χ2n) is 6.14. The van der Waals surface area contributed by atoms with E-state index in [-0.39, 0.29) is 16.3 Å². The molecule has 0 radical (unpaired) electrons. The molecule has 0 saturated carbocycles. The molecule has 0 aromatic heterocycles. The fourth-order valence-electron chi connectivity index (χ4n) is 2.91. The second kappa shape index (κ2) is 8.21. The summed E-state index contributed by atoms with van der Waals surface area (Å²) in [6.07, 6.45) is 0. The minimum absolute atomic E-state index is 0.182. The van der Waals surface area contributed by atoms with Gasteiger partial charge in [0, 0.05) is 23.8 Å². The van der Waals surface area contributed by atoms with Gasteiger partial charge in [-0.05, 0) is 19.1 Å². The van der Waals surface area contributed by atoms with E-state index in [1.54, 1.807) is 24.3 Å². The van der Waals surface area contributed by atoms with Crippen LogP contribution in [0.3, 0.4) is 0 Å². The fourth-order valence-corrected chi connectivity index (χ4v) is 3.14. The summed E-state index contributed by atoms with van der Waals surface area (Å²) in [4.78, 5) is 32.4. The molecular formula is C19H13ClN4O6. The van der Waals surface area contributed by atoms with Crippen molar-refractivity contribution < 1.29 is 19.4 Å². The van der Waals surface area contributed by atoms with Crippen LogP contribution in [0.1, 0.15) is 12.5 Å². The second-order valence-corrected chi connectivity index (χ2v) is 6.54. The largest absolute Gasteiger partial charge is 0.426 e. The normalized spacial score (nSPS) is 11.0. The first-order valence-electron chi connectivity index (χ1n) is 8.44. The molecule has 0 N–H and O–H groups in total. The van der Waals surface area contributed by atoms with E-state index >= 15 is 0 Å². The van der Waals surface area contributed by atoms with Gasteiger partial charge in [-0.15, -0.1) is 10.2 Å². The molecule has 3 rings (SSSR count). The number of halogens is 1. The van der Waals surface area contributed by atoms with Gasteiger partial charge in [-0.1, -0.05) is 35.9 Å². The van der Waals surface area contributed by atoms with Crippen LogP contribution < -0.4 is 4.74 Å². The van der Waals surface area contributed by atoms with Crippen molar-refractivity contribution in [3.05, 3.63) is 73.3 Å². The lowest BCUT2D eigenvalue weighted by atomic mass is 10.1. The molecule has 11 heteroatoms.